The van der Waals surface area contributed by atoms with Crippen LogP contribution in [0, 0.1) is 23.7 Å². The van der Waals surface area contributed by atoms with E-state index in [-0.39, 0.29) is 47.8 Å². The summed E-state index contributed by atoms with van der Waals surface area (Å²) >= 11 is 0. The highest BCUT2D eigenvalue weighted by molar-refractivity contribution is 5.94. The van der Waals surface area contributed by atoms with Gasteiger partial charge in [-0.1, -0.05) is 64.1 Å². The number of alkyl carbamates (subject to hydrolysis) is 2. The average molecular weight is 837 g/mol. The zero-order valence-electron chi connectivity index (χ0n) is 35.8. The number of hydrogen-bond acceptors (Lipinski definition) is 8. The van der Waals surface area contributed by atoms with Crippen LogP contribution in [0.2, 0.25) is 0 Å². The predicted molar refractivity (Wildman–Crippen MR) is 235 cm³/mol. The van der Waals surface area contributed by atoms with Crippen LogP contribution in [0.5, 0.6) is 0 Å². The molecule has 14 heteroatoms. The molecule has 4 amide bonds. The van der Waals surface area contributed by atoms with Gasteiger partial charge in [-0.25, -0.2) is 19.6 Å². The van der Waals surface area contributed by atoms with Crippen LogP contribution in [0.3, 0.4) is 0 Å². The van der Waals surface area contributed by atoms with Gasteiger partial charge in [-0.3, -0.25) is 9.59 Å². The number of aromatic nitrogens is 4. The minimum atomic E-state index is -0.681. The second kappa shape index (κ2) is 15.2. The summed E-state index contributed by atoms with van der Waals surface area (Å²) in [5.41, 5.74) is 7.78. The normalized spacial score (nSPS) is 23.4. The van der Waals surface area contributed by atoms with Crippen LogP contribution in [-0.2, 0) is 19.1 Å². The molecular weight excluding hydrogens is 785 g/mol. The van der Waals surface area contributed by atoms with Crippen molar-refractivity contribution in [2.75, 3.05) is 14.2 Å². The van der Waals surface area contributed by atoms with Crippen molar-refractivity contribution >= 4 is 56.8 Å². The highest BCUT2D eigenvalue weighted by atomic mass is 16.5. The van der Waals surface area contributed by atoms with Gasteiger partial charge in [0.05, 0.1) is 48.4 Å². The minimum Gasteiger partial charge on any atom is -0.453 e. The summed E-state index contributed by atoms with van der Waals surface area (Å²) < 4.78 is 9.65. The predicted octanol–water partition coefficient (Wildman–Crippen LogP) is 8.01. The lowest BCUT2D eigenvalue weighted by Crippen LogP contribution is -2.52. The Morgan fingerprint density at radius 3 is 1.35 bits per heavy atom. The first-order valence-corrected chi connectivity index (χ1v) is 21.8. The number of ether oxygens (including phenoxy) is 2. The van der Waals surface area contributed by atoms with Crippen molar-refractivity contribution in [2.24, 2.45) is 23.7 Å². The second-order valence-corrected chi connectivity index (χ2v) is 18.3. The number of hydrogen-bond donors (Lipinski definition) is 4. The third-order valence-electron chi connectivity index (χ3n) is 13.6. The largest absolute Gasteiger partial charge is 0.453 e. The Morgan fingerprint density at radius 1 is 0.581 bits per heavy atom. The van der Waals surface area contributed by atoms with Gasteiger partial charge >= 0.3 is 12.2 Å². The van der Waals surface area contributed by atoms with Crippen LogP contribution in [0.15, 0.2) is 72.8 Å². The highest BCUT2D eigenvalue weighted by Crippen LogP contribution is 2.54. The molecule has 4 fully saturated rings. The fourth-order valence-electron chi connectivity index (χ4n) is 10.1. The van der Waals surface area contributed by atoms with E-state index in [1.165, 1.54) is 14.2 Å². The van der Waals surface area contributed by atoms with Gasteiger partial charge in [-0.15, -0.1) is 0 Å². The standard InChI is InChI=1S/C48H52N8O6/c1-23(2)41(53-47(59)61-5)45(57)55-37-19-31(37)21-39(55)43-49-33-13-11-29(17-35(33)51-43)27-9-7-26-16-28(10-8-25(26)15-27)30-12-14-34-36(18-30)52-44(50-34)40-22-32-20-38(32)56(40)46(58)42(24(3)4)54-48(60)62-6/h7-18,23-24,31-32,37-42H,19-22H2,1-6H3,(H,49,51)(H,50,52)(H,53,59)(H,54,60)/t31-,32-,37-,38-,39+,40+,41+,42+/m1/s1. The molecular formula is C48H52N8O6. The van der Waals surface area contributed by atoms with Crippen molar-refractivity contribution in [3.63, 3.8) is 0 Å². The molecule has 8 atom stereocenters. The number of H-pyrrole nitrogens is 2. The smallest absolute Gasteiger partial charge is 0.407 e. The van der Waals surface area contributed by atoms with E-state index in [0.717, 1.165) is 92.4 Å². The molecule has 6 aromatic rings. The molecule has 2 saturated heterocycles. The first-order chi connectivity index (χ1) is 29.9. The molecule has 4 heterocycles. The molecule has 4 aromatic carbocycles. The molecule has 0 bridgehead atoms. The minimum absolute atomic E-state index is 0.0956. The monoisotopic (exact) mass is 836 g/mol. The molecule has 14 nitrogen and oxygen atoms in total. The number of carbonyl (C=O) groups is 4. The molecule has 10 rings (SSSR count). The maximum atomic E-state index is 13.9. The zero-order chi connectivity index (χ0) is 43.1. The van der Waals surface area contributed by atoms with Crippen LogP contribution in [0.1, 0.15) is 77.1 Å². The summed E-state index contributed by atoms with van der Waals surface area (Å²) in [6.07, 6.45) is 2.42. The third-order valence-corrected chi connectivity index (χ3v) is 13.6. The number of nitrogens with one attached hydrogen (secondary N) is 4. The summed E-state index contributed by atoms with van der Waals surface area (Å²) in [6.45, 7) is 7.71. The summed E-state index contributed by atoms with van der Waals surface area (Å²) in [5, 5.41) is 7.74. The number of methoxy groups -OCH3 is 2. The van der Waals surface area contributed by atoms with Crippen LogP contribution in [-0.4, -0.2) is 92.1 Å². The number of likely N-dealkylation sites (tertiary alicyclic amines) is 2. The van der Waals surface area contributed by atoms with Crippen LogP contribution in [0.25, 0.3) is 55.1 Å². The summed E-state index contributed by atoms with van der Waals surface area (Å²) in [6, 6.07) is 24.1. The first kappa shape index (κ1) is 39.7. The Hall–Kier alpha value is -6.44. The van der Waals surface area contributed by atoms with Crippen LogP contribution < -0.4 is 10.6 Å². The van der Waals surface area contributed by atoms with E-state index in [9.17, 15) is 19.2 Å². The summed E-state index contributed by atoms with van der Waals surface area (Å²) in [5.74, 6) is 2.03. The van der Waals surface area contributed by atoms with Crippen LogP contribution in [0.4, 0.5) is 9.59 Å². The van der Waals surface area contributed by atoms with Crippen molar-refractivity contribution in [2.45, 2.75) is 89.6 Å². The lowest BCUT2D eigenvalue weighted by molar-refractivity contribution is -0.137. The average Bonchev–Trinajstić information content (AvgIpc) is 3.93. The van der Waals surface area contributed by atoms with Gasteiger partial charge in [0.2, 0.25) is 11.8 Å². The number of rotatable bonds is 10. The van der Waals surface area contributed by atoms with E-state index >= 15 is 0 Å². The molecule has 4 aliphatic rings. The fourth-order valence-corrected chi connectivity index (χ4v) is 10.1. The number of benzene rings is 4. The number of carbonyl (C=O) groups excluding carboxylic acids is 4. The molecule has 62 heavy (non-hydrogen) atoms. The maximum Gasteiger partial charge on any atom is 0.407 e. The number of imidazole rings is 2. The van der Waals surface area contributed by atoms with E-state index in [1.807, 2.05) is 49.6 Å². The van der Waals surface area contributed by atoms with Crippen molar-refractivity contribution in [3.8, 4) is 22.3 Å². The van der Waals surface area contributed by atoms with Gasteiger partial charge in [0.15, 0.2) is 0 Å². The van der Waals surface area contributed by atoms with Gasteiger partial charge in [-0.05, 0) is 119 Å². The number of aromatic amines is 2. The van der Waals surface area contributed by atoms with Crippen molar-refractivity contribution in [1.82, 2.24) is 40.4 Å². The number of nitrogens with zero attached hydrogens (tertiary/aromatic N) is 4. The van der Waals surface area contributed by atoms with Gasteiger partial charge in [0.1, 0.15) is 23.7 Å². The lowest BCUT2D eigenvalue weighted by Gasteiger charge is -2.31. The fraction of sp³-hybridized carbons (Fsp3) is 0.417. The SMILES string of the molecule is COC(=O)N[C@H](C(=O)N1[C@@H]2C[C@@H]2C[C@H]1c1nc2ccc(-c3ccc4cc(-c5ccc6nc([C@@H]7C[C@H]8C[C@H]8N7C(=O)[C@@H](NC(=O)OC)C(C)C)[nH]c6c5)ccc4c3)cc2[nH]1)C(C)C. The number of amides is 4. The third kappa shape index (κ3) is 6.98. The van der Waals surface area contributed by atoms with E-state index in [4.69, 9.17) is 19.4 Å². The number of piperidine rings is 2. The molecule has 2 aromatic heterocycles. The summed E-state index contributed by atoms with van der Waals surface area (Å²) in [7, 11) is 2.61. The van der Waals surface area contributed by atoms with Gasteiger partial charge in [-0.2, -0.15) is 0 Å². The van der Waals surface area contributed by atoms with Gasteiger partial charge in [0, 0.05) is 12.1 Å². The van der Waals surface area contributed by atoms with Gasteiger partial charge < -0.3 is 39.9 Å². The zero-order valence-corrected chi connectivity index (χ0v) is 35.8. The topological polar surface area (TPSA) is 175 Å². The molecule has 0 spiro atoms. The van der Waals surface area contributed by atoms with Crippen molar-refractivity contribution < 1.29 is 28.7 Å². The molecule has 320 valence electrons. The molecule has 2 aliphatic heterocycles. The lowest BCUT2D eigenvalue weighted by atomic mass is 9.97. The van der Waals surface area contributed by atoms with E-state index in [0.29, 0.717) is 11.8 Å². The van der Waals surface area contributed by atoms with Gasteiger partial charge in [0.25, 0.3) is 0 Å². The number of fused-ring (bicyclic) bond motifs is 5. The summed E-state index contributed by atoms with van der Waals surface area (Å²) in [4.78, 5) is 73.0. The van der Waals surface area contributed by atoms with E-state index < -0.39 is 24.3 Å². The quantitative estimate of drug-likeness (QED) is 0.107. The van der Waals surface area contributed by atoms with Crippen molar-refractivity contribution in [3.05, 3.63) is 84.4 Å². The Morgan fingerprint density at radius 2 is 0.968 bits per heavy atom. The Balaban J connectivity index is 0.868. The molecule has 4 N–H and O–H groups in total. The Kier molecular flexibility index (Phi) is 9.71. The Bertz CT molecular complexity index is 2590. The van der Waals surface area contributed by atoms with E-state index in [1.54, 1.807) is 0 Å². The molecule has 2 saturated carbocycles. The van der Waals surface area contributed by atoms with Crippen molar-refractivity contribution in [1.29, 1.82) is 0 Å². The molecule has 2 aliphatic carbocycles. The van der Waals surface area contributed by atoms with Crippen LogP contribution >= 0.6 is 0 Å². The maximum absolute atomic E-state index is 13.9. The highest BCUT2D eigenvalue weighted by Gasteiger charge is 2.57. The van der Waals surface area contributed by atoms with E-state index in [2.05, 4.69) is 81.3 Å². The Labute approximate surface area is 359 Å². The molecule has 0 radical (unpaired) electrons. The molecule has 0 unspecified atom stereocenters. The second-order valence-electron chi connectivity index (χ2n) is 18.3. The first-order valence-electron chi connectivity index (χ1n) is 21.8.